The van der Waals surface area contributed by atoms with E-state index in [1.54, 1.807) is 18.9 Å². The summed E-state index contributed by atoms with van der Waals surface area (Å²) in [4.78, 5) is 0. The van der Waals surface area contributed by atoms with Crippen molar-refractivity contribution >= 4 is 23.8 Å². The highest BCUT2D eigenvalue weighted by Gasteiger charge is 2.48. The summed E-state index contributed by atoms with van der Waals surface area (Å²) in [6.07, 6.45) is 1.95. The molecule has 1 heterocycles. The summed E-state index contributed by atoms with van der Waals surface area (Å²) in [5.74, 6) is 0. The second-order valence-corrected chi connectivity index (χ2v) is 3.15. The summed E-state index contributed by atoms with van der Waals surface area (Å²) in [5, 5.41) is 0. The van der Waals surface area contributed by atoms with Crippen LogP contribution >= 0.6 is 23.8 Å². The SMILES string of the molecule is COC1(SC)OS1. The largest absolute Gasteiger partial charge is 0.334 e. The van der Waals surface area contributed by atoms with Gasteiger partial charge in [-0.05, 0) is 6.26 Å². The second-order valence-electron chi connectivity index (χ2n) is 1.07. The minimum atomic E-state index is -0.333. The first-order chi connectivity index (χ1) is 3.33. The zero-order valence-electron chi connectivity index (χ0n) is 4.13. The molecule has 0 N–H and O–H groups in total. The Morgan fingerprint density at radius 3 is 2.43 bits per heavy atom. The van der Waals surface area contributed by atoms with Gasteiger partial charge in [0.25, 0.3) is 0 Å². The van der Waals surface area contributed by atoms with Crippen LogP contribution in [0.2, 0.25) is 0 Å². The Morgan fingerprint density at radius 2 is 2.43 bits per heavy atom. The molecular weight excluding hydrogens is 132 g/mol. The van der Waals surface area contributed by atoms with Gasteiger partial charge in [-0.15, -0.1) is 0 Å². The summed E-state index contributed by atoms with van der Waals surface area (Å²) < 4.78 is 9.42. The third kappa shape index (κ3) is 1.05. The molecule has 1 rings (SSSR count). The molecule has 4 heteroatoms. The van der Waals surface area contributed by atoms with Crippen LogP contribution in [0.5, 0.6) is 0 Å². The number of hydrogen-bond donors (Lipinski definition) is 0. The van der Waals surface area contributed by atoms with Crippen LogP contribution in [-0.2, 0) is 8.92 Å². The molecule has 1 atom stereocenters. The van der Waals surface area contributed by atoms with Gasteiger partial charge in [-0.2, -0.15) is 0 Å². The van der Waals surface area contributed by atoms with Crippen LogP contribution < -0.4 is 0 Å². The molecule has 0 bridgehead atoms. The maximum absolute atomic E-state index is 4.90. The fourth-order valence-electron chi connectivity index (χ4n) is 0.253. The maximum atomic E-state index is 4.90. The van der Waals surface area contributed by atoms with Gasteiger partial charge in [0.15, 0.2) is 0 Å². The topological polar surface area (TPSA) is 21.8 Å². The first kappa shape index (κ1) is 5.75. The molecule has 0 aliphatic carbocycles. The van der Waals surface area contributed by atoms with Crippen molar-refractivity contribution in [3.05, 3.63) is 0 Å². The first-order valence-electron chi connectivity index (χ1n) is 1.80. The predicted molar refractivity (Wildman–Crippen MR) is 31.9 cm³/mol. The molecule has 0 aromatic heterocycles. The normalized spacial score (nSPS) is 38.6. The van der Waals surface area contributed by atoms with E-state index in [1.165, 1.54) is 12.0 Å². The van der Waals surface area contributed by atoms with E-state index < -0.39 is 0 Å². The third-order valence-electron chi connectivity index (χ3n) is 0.719. The quantitative estimate of drug-likeness (QED) is 0.325. The smallest absolute Gasteiger partial charge is 0.305 e. The van der Waals surface area contributed by atoms with E-state index >= 15 is 0 Å². The summed E-state index contributed by atoms with van der Waals surface area (Å²) >= 11 is 2.91. The van der Waals surface area contributed by atoms with Gasteiger partial charge in [-0.1, -0.05) is 11.8 Å². The molecule has 0 radical (unpaired) electrons. The van der Waals surface area contributed by atoms with Gasteiger partial charge in [0, 0.05) is 7.11 Å². The number of rotatable bonds is 2. The lowest BCUT2D eigenvalue weighted by atomic mass is 11.4. The maximum Gasteiger partial charge on any atom is 0.305 e. The molecule has 0 aromatic carbocycles. The van der Waals surface area contributed by atoms with Crippen molar-refractivity contribution in [2.45, 2.75) is 4.45 Å². The van der Waals surface area contributed by atoms with Gasteiger partial charge >= 0.3 is 4.45 Å². The lowest BCUT2D eigenvalue weighted by Crippen LogP contribution is -2.02. The van der Waals surface area contributed by atoms with Crippen molar-refractivity contribution < 1.29 is 8.92 Å². The van der Waals surface area contributed by atoms with E-state index in [9.17, 15) is 0 Å². The average Bonchev–Trinajstić information content (AvgIpc) is 2.46. The van der Waals surface area contributed by atoms with E-state index in [0.29, 0.717) is 0 Å². The van der Waals surface area contributed by atoms with Gasteiger partial charge in [0.05, 0.1) is 12.0 Å². The fraction of sp³-hybridized carbons (Fsp3) is 1.00. The van der Waals surface area contributed by atoms with Gasteiger partial charge < -0.3 is 4.74 Å². The molecule has 0 saturated carbocycles. The average molecular weight is 138 g/mol. The van der Waals surface area contributed by atoms with E-state index in [-0.39, 0.29) is 4.45 Å². The molecule has 1 fully saturated rings. The minimum Gasteiger partial charge on any atom is -0.334 e. The third-order valence-corrected chi connectivity index (χ3v) is 2.90. The number of methoxy groups -OCH3 is 1. The standard InChI is InChI=1S/C3H6O2S2/c1-4-3(6-2)5-7-3/h1-2H3. The minimum absolute atomic E-state index is 0.333. The van der Waals surface area contributed by atoms with E-state index in [0.717, 1.165) is 0 Å². The highest BCUT2D eigenvalue weighted by molar-refractivity contribution is 8.20. The van der Waals surface area contributed by atoms with Gasteiger partial charge in [-0.25, -0.2) is 0 Å². The summed E-state index contributed by atoms with van der Waals surface area (Å²) in [7, 11) is 1.64. The van der Waals surface area contributed by atoms with E-state index in [2.05, 4.69) is 0 Å². The number of thioether (sulfide) groups is 1. The molecule has 0 aromatic rings. The summed E-state index contributed by atoms with van der Waals surface area (Å²) in [5.41, 5.74) is 0. The van der Waals surface area contributed by atoms with Crippen molar-refractivity contribution in [2.24, 2.45) is 0 Å². The van der Waals surface area contributed by atoms with Crippen molar-refractivity contribution in [3.63, 3.8) is 0 Å². The van der Waals surface area contributed by atoms with Crippen LogP contribution in [0.15, 0.2) is 0 Å². The first-order valence-corrected chi connectivity index (χ1v) is 3.77. The molecule has 1 saturated heterocycles. The molecular formula is C3H6O2S2. The highest BCUT2D eigenvalue weighted by Crippen LogP contribution is 2.54. The molecule has 0 amide bonds. The zero-order valence-corrected chi connectivity index (χ0v) is 5.77. The summed E-state index contributed by atoms with van der Waals surface area (Å²) in [6, 6.07) is 0. The molecule has 1 aliphatic rings. The summed E-state index contributed by atoms with van der Waals surface area (Å²) in [6.45, 7) is 0. The number of ether oxygens (including phenoxy) is 1. The Morgan fingerprint density at radius 1 is 1.86 bits per heavy atom. The van der Waals surface area contributed by atoms with Gasteiger partial charge in [0.2, 0.25) is 0 Å². The molecule has 42 valence electrons. The van der Waals surface area contributed by atoms with Crippen LogP contribution in [0.1, 0.15) is 0 Å². The Bertz CT molecular complexity index is 65.3. The Balaban J connectivity index is 2.28. The Labute approximate surface area is 51.1 Å². The van der Waals surface area contributed by atoms with Crippen LogP contribution in [0, 0.1) is 0 Å². The van der Waals surface area contributed by atoms with Crippen LogP contribution in [0.4, 0.5) is 0 Å². The Kier molecular flexibility index (Phi) is 1.52. The Hall–Kier alpha value is 0.620. The van der Waals surface area contributed by atoms with Crippen LogP contribution in [-0.4, -0.2) is 17.8 Å². The molecule has 1 aliphatic heterocycles. The molecule has 7 heavy (non-hydrogen) atoms. The monoisotopic (exact) mass is 138 g/mol. The molecule has 1 unspecified atom stereocenters. The van der Waals surface area contributed by atoms with Crippen molar-refractivity contribution in [1.29, 1.82) is 0 Å². The van der Waals surface area contributed by atoms with Gasteiger partial charge in [0.1, 0.15) is 0 Å². The fourth-order valence-corrected chi connectivity index (χ4v) is 1.27. The predicted octanol–water partition coefficient (Wildman–Crippen LogP) is 1.29. The van der Waals surface area contributed by atoms with Crippen molar-refractivity contribution in [1.82, 2.24) is 0 Å². The highest BCUT2D eigenvalue weighted by atomic mass is 32.2. The molecule has 2 nitrogen and oxygen atoms in total. The van der Waals surface area contributed by atoms with Crippen LogP contribution in [0.25, 0.3) is 0 Å². The van der Waals surface area contributed by atoms with E-state index in [1.807, 2.05) is 6.26 Å². The van der Waals surface area contributed by atoms with E-state index in [4.69, 9.17) is 8.92 Å². The van der Waals surface area contributed by atoms with Crippen molar-refractivity contribution in [2.75, 3.05) is 13.4 Å². The molecule has 0 spiro atoms. The van der Waals surface area contributed by atoms with Gasteiger partial charge in [-0.3, -0.25) is 4.18 Å². The second kappa shape index (κ2) is 1.85. The van der Waals surface area contributed by atoms with Crippen molar-refractivity contribution in [3.8, 4) is 0 Å². The lowest BCUT2D eigenvalue weighted by Gasteiger charge is -1.98. The van der Waals surface area contributed by atoms with Crippen LogP contribution in [0.3, 0.4) is 0 Å². The number of hydrogen-bond acceptors (Lipinski definition) is 4. The zero-order chi connectivity index (χ0) is 5.33. The lowest BCUT2D eigenvalue weighted by molar-refractivity contribution is 0.0663.